The number of aromatic hydroxyl groups is 2. The van der Waals surface area contributed by atoms with Crippen LogP contribution in [0, 0.1) is 0 Å². The first-order valence-corrected chi connectivity index (χ1v) is 18.3. The third-order valence-electron chi connectivity index (χ3n) is 9.58. The fourth-order valence-electron chi connectivity index (χ4n) is 5.63. The third kappa shape index (κ3) is 13.5. The van der Waals surface area contributed by atoms with Crippen molar-refractivity contribution >= 4 is 46.5 Å². The maximum absolute atomic E-state index is 11.3. The van der Waals surface area contributed by atoms with Crippen LogP contribution in [0.2, 0.25) is 0 Å². The van der Waals surface area contributed by atoms with Crippen molar-refractivity contribution in [3.8, 4) is 11.5 Å². The van der Waals surface area contributed by atoms with Crippen molar-refractivity contribution in [1.29, 1.82) is 0 Å². The Balaban J connectivity index is 0.00000142. The van der Waals surface area contributed by atoms with Gasteiger partial charge in [0.15, 0.2) is 0 Å². The van der Waals surface area contributed by atoms with E-state index in [-0.39, 0.29) is 28.6 Å². The number of aliphatic imine (C=N–C) groups is 2. The molecule has 4 aromatic rings. The molecule has 1 radical (unpaired) electrons. The molecular weight excluding hydrogens is 711 g/mol. The first-order valence-electron chi connectivity index (χ1n) is 18.3. The fourth-order valence-corrected chi connectivity index (χ4v) is 5.63. The van der Waals surface area contributed by atoms with Crippen LogP contribution in [-0.2, 0) is 26.4 Å². The number of carbonyl (C=O) groups is 2. The second-order valence-electron chi connectivity index (χ2n) is 13.5. The van der Waals surface area contributed by atoms with Gasteiger partial charge in [0.1, 0.15) is 11.5 Å². The molecule has 0 aliphatic carbocycles. The molecule has 4 aromatic carbocycles. The molecule has 2 N–H and O–H groups in total. The molecule has 9 heteroatoms. The number of carbonyl (C=O) groups excluding carboxylic acids is 2. The molecule has 0 aliphatic rings. The molecule has 0 saturated heterocycles. The minimum Gasteiger partial charge on any atom is -0.550 e. The number of hydrogen-bond acceptors (Lipinski definition) is 8. The van der Waals surface area contributed by atoms with Crippen LogP contribution in [0.4, 0.5) is 11.4 Å². The summed E-state index contributed by atoms with van der Waals surface area (Å²) in [6.45, 7) is 19.4. The van der Waals surface area contributed by atoms with Crippen molar-refractivity contribution in [3.63, 3.8) is 0 Å². The molecule has 0 aromatic heterocycles. The summed E-state index contributed by atoms with van der Waals surface area (Å²) in [5, 5.41) is 42.3. The Kier molecular flexibility index (Phi) is 19.8. The van der Waals surface area contributed by atoms with Gasteiger partial charge in [-0.2, -0.15) is 0 Å². The number of aliphatic carboxylic acids is 2. The molecule has 53 heavy (non-hydrogen) atoms. The molecule has 0 aliphatic heterocycles. The van der Waals surface area contributed by atoms with Crippen LogP contribution in [0.25, 0.3) is 10.8 Å². The van der Waals surface area contributed by atoms with Gasteiger partial charge in [-0.3, -0.25) is 9.98 Å². The average molecular weight is 768 g/mol. The van der Waals surface area contributed by atoms with E-state index in [0.717, 1.165) is 83.9 Å². The molecule has 0 heterocycles. The first-order chi connectivity index (χ1) is 24.6. The summed E-state index contributed by atoms with van der Waals surface area (Å²) in [5.41, 5.74) is 7.44. The van der Waals surface area contributed by atoms with Gasteiger partial charge in [0.25, 0.3) is 0 Å². The number of phenols is 2. The second-order valence-corrected chi connectivity index (χ2v) is 13.5. The van der Waals surface area contributed by atoms with E-state index in [1.165, 1.54) is 11.1 Å². The molecular formula is C44H56CoN2O6. The van der Waals surface area contributed by atoms with Crippen LogP contribution < -0.4 is 10.2 Å². The molecule has 287 valence electrons. The zero-order valence-corrected chi connectivity index (χ0v) is 33.9. The van der Waals surface area contributed by atoms with Crippen molar-refractivity contribution in [1.82, 2.24) is 0 Å². The number of nitrogens with zero attached hydrogens (tertiary/aromatic N) is 2. The fraction of sp³-hybridized carbons (Fsp3) is 0.409. The van der Waals surface area contributed by atoms with Crippen molar-refractivity contribution in [3.05, 3.63) is 94.0 Å². The number of fused-ring (bicyclic) bond motifs is 1. The van der Waals surface area contributed by atoms with Crippen LogP contribution >= 0.6 is 0 Å². The quantitative estimate of drug-likeness (QED) is 0.138. The van der Waals surface area contributed by atoms with E-state index in [9.17, 15) is 10.2 Å². The monoisotopic (exact) mass is 767 g/mol. The average Bonchev–Trinajstić information content (AvgIpc) is 3.11. The molecule has 4 rings (SSSR count). The Morgan fingerprint density at radius 1 is 0.623 bits per heavy atom. The molecule has 8 nitrogen and oxygen atoms in total. The van der Waals surface area contributed by atoms with Crippen molar-refractivity contribution in [2.24, 2.45) is 9.98 Å². The summed E-state index contributed by atoms with van der Waals surface area (Å²) in [5.74, 6) is -0.272. The Bertz CT molecular complexity index is 1730. The van der Waals surface area contributed by atoms with Gasteiger partial charge in [-0.25, -0.2) is 0 Å². The van der Waals surface area contributed by atoms with Gasteiger partial charge in [0, 0.05) is 40.9 Å². The number of carboxylic acids is 2. The number of benzene rings is 4. The van der Waals surface area contributed by atoms with Gasteiger partial charge in [-0.15, -0.1) is 0 Å². The normalized spacial score (nSPS) is 13.2. The number of hydrogen-bond donors (Lipinski definition) is 2. The molecule has 4 atom stereocenters. The molecule has 0 saturated carbocycles. The smallest absolute Gasteiger partial charge is 0.550 e. The summed E-state index contributed by atoms with van der Waals surface area (Å²) in [6, 6.07) is 20.6. The first kappa shape index (κ1) is 46.5. The van der Waals surface area contributed by atoms with Gasteiger partial charge < -0.3 is 30.0 Å². The van der Waals surface area contributed by atoms with Crippen molar-refractivity contribution < 1.29 is 46.8 Å². The summed E-state index contributed by atoms with van der Waals surface area (Å²) in [6.07, 6.45) is 7.55. The van der Waals surface area contributed by atoms with Crippen LogP contribution in [0.15, 0.2) is 70.6 Å². The standard InChI is InChI=1S/C40H50N2O2.2C2H4O2.Co/c1-9-25(5)30-19-32(39(43)34(21-30)27(7)11-3)23-41-36-17-13-15-29-16-14-18-37(38(29)36)42-24-33-20-31(26(6)10-2)22-35(40(33)44)28(8)12-4;2*1-2(3)4;/h13-28,43-44H,9-12H2,1-8H3;2*1H3,(H,3,4);/q;;;+2/p-2. The van der Waals surface area contributed by atoms with E-state index in [1.54, 1.807) is 12.4 Å². The molecule has 4 unspecified atom stereocenters. The maximum Gasteiger partial charge on any atom is 2.00 e. The molecule has 0 fully saturated rings. The predicted octanol–water partition coefficient (Wildman–Crippen LogP) is 9.32. The Morgan fingerprint density at radius 3 is 1.25 bits per heavy atom. The number of phenolic OH excluding ortho intramolecular Hbond substituents is 2. The van der Waals surface area contributed by atoms with Crippen LogP contribution in [0.5, 0.6) is 11.5 Å². The Labute approximate surface area is 326 Å². The zero-order chi connectivity index (χ0) is 39.1. The van der Waals surface area contributed by atoms with Crippen LogP contribution in [0.1, 0.15) is 152 Å². The third-order valence-corrected chi connectivity index (χ3v) is 9.58. The van der Waals surface area contributed by atoms with Crippen molar-refractivity contribution in [2.75, 3.05) is 0 Å². The van der Waals surface area contributed by atoms with Crippen LogP contribution in [-0.4, -0.2) is 34.6 Å². The van der Waals surface area contributed by atoms with Crippen molar-refractivity contribution in [2.45, 2.75) is 119 Å². The van der Waals surface area contributed by atoms with Crippen LogP contribution in [0.3, 0.4) is 0 Å². The SMILES string of the molecule is CC(=O)[O-].CC(=O)[O-].CCC(C)c1cc(C=Nc2cccc3cccc(N=Cc4cc(C(C)CC)cc(C(C)CC)c4O)c23)c(O)c(C(C)CC)c1.[Co+2]. The largest absolute Gasteiger partial charge is 2.00 e. The number of rotatable bonds is 12. The van der Waals surface area contributed by atoms with Gasteiger partial charge in [0.05, 0.1) is 11.4 Å². The molecule has 0 bridgehead atoms. The minimum atomic E-state index is -1.08. The van der Waals surface area contributed by atoms with Gasteiger partial charge in [-0.05, 0) is 115 Å². The number of carboxylic acid groups (broad SMARTS) is 2. The molecule has 0 spiro atoms. The van der Waals surface area contributed by atoms with Gasteiger partial charge >= 0.3 is 16.8 Å². The van der Waals surface area contributed by atoms with E-state index >= 15 is 0 Å². The zero-order valence-electron chi connectivity index (χ0n) is 32.8. The van der Waals surface area contributed by atoms with E-state index < -0.39 is 11.9 Å². The topological polar surface area (TPSA) is 145 Å². The van der Waals surface area contributed by atoms with E-state index in [0.29, 0.717) is 23.3 Å². The van der Waals surface area contributed by atoms with E-state index in [1.807, 2.05) is 24.3 Å². The van der Waals surface area contributed by atoms with Gasteiger partial charge in [0.2, 0.25) is 0 Å². The van der Waals surface area contributed by atoms with E-state index in [4.69, 9.17) is 29.8 Å². The summed E-state index contributed by atoms with van der Waals surface area (Å²) in [4.78, 5) is 27.7. The minimum absolute atomic E-state index is 0. The predicted molar refractivity (Wildman–Crippen MR) is 211 cm³/mol. The molecule has 0 amide bonds. The Hall–Kier alpha value is -4.47. The Morgan fingerprint density at radius 2 is 0.943 bits per heavy atom. The summed E-state index contributed by atoms with van der Waals surface area (Å²) < 4.78 is 0. The van der Waals surface area contributed by atoms with Gasteiger partial charge in [-0.1, -0.05) is 91.8 Å². The maximum atomic E-state index is 11.3. The second kappa shape index (κ2) is 22.6. The summed E-state index contributed by atoms with van der Waals surface area (Å²) >= 11 is 0. The van der Waals surface area contributed by atoms with E-state index in [2.05, 4.69) is 91.8 Å². The summed E-state index contributed by atoms with van der Waals surface area (Å²) in [7, 11) is 0.